The molecule has 0 fully saturated rings. The van der Waals surface area contributed by atoms with Gasteiger partial charge < -0.3 is 5.11 Å². The molecular weight excluding hydrogens is 688 g/mol. The number of aromatic nitrogens is 7. The Hall–Kier alpha value is -3.34. The molecule has 2 aromatic carbocycles. The van der Waals surface area contributed by atoms with Gasteiger partial charge in [-0.05, 0) is 43.3 Å². The van der Waals surface area contributed by atoms with E-state index in [2.05, 4.69) is 25.1 Å². The van der Waals surface area contributed by atoms with Crippen LogP contribution in [0.2, 0.25) is 10.0 Å². The van der Waals surface area contributed by atoms with E-state index in [4.69, 9.17) is 63.1 Å². The normalized spacial score (nSPS) is 11.7. The number of halogens is 7. The quantitative estimate of drug-likeness (QED) is 0.223. The van der Waals surface area contributed by atoms with Gasteiger partial charge in [0.05, 0.1) is 10.7 Å². The monoisotopic (exact) mass is 698 g/mol. The van der Waals surface area contributed by atoms with E-state index in [1.54, 1.807) is 17.7 Å². The summed E-state index contributed by atoms with van der Waals surface area (Å²) in [5.41, 5.74) is 0.125. The van der Waals surface area contributed by atoms with Crippen LogP contribution in [0, 0.1) is 18.6 Å². The standard InChI is InChI=1S/C12H9F2N5O2S.C10H4Cl5N3O2/c1-7-5-6-19-11(15-7)16-12(17-19)22(20,21)18-10-8(13)3-2-4-9(10)14;11-4-1-2-6(5(12)3-4)18-9(10(13,14)15)16-7(17-18)8(19)20/h2-6,18H,1H3;1-3H,(H,19,20). The number of benzene rings is 2. The summed E-state index contributed by atoms with van der Waals surface area (Å²) in [5.74, 6) is -4.08. The van der Waals surface area contributed by atoms with Gasteiger partial charge in [0.2, 0.25) is 3.79 Å². The van der Waals surface area contributed by atoms with Gasteiger partial charge >= 0.3 is 5.97 Å². The summed E-state index contributed by atoms with van der Waals surface area (Å²) < 4.78 is 53.4. The number of carbonyl (C=O) groups is 1. The fourth-order valence-electron chi connectivity index (χ4n) is 3.14. The van der Waals surface area contributed by atoms with E-state index >= 15 is 0 Å². The zero-order valence-corrected chi connectivity index (χ0v) is 25.1. The molecule has 0 aliphatic rings. The number of nitrogens with zero attached hydrogens (tertiary/aromatic N) is 7. The van der Waals surface area contributed by atoms with Crippen LogP contribution in [-0.4, -0.2) is 53.8 Å². The molecule has 20 heteroatoms. The lowest BCUT2D eigenvalue weighted by atomic mass is 10.3. The Morgan fingerprint density at radius 3 is 2.26 bits per heavy atom. The van der Waals surface area contributed by atoms with Gasteiger partial charge in [-0.25, -0.2) is 32.7 Å². The Kier molecular flexibility index (Phi) is 9.11. The second-order valence-electron chi connectivity index (χ2n) is 7.98. The number of aromatic carboxylic acids is 1. The number of hydrogen-bond donors (Lipinski definition) is 2. The van der Waals surface area contributed by atoms with Crippen LogP contribution in [0.4, 0.5) is 14.5 Å². The van der Waals surface area contributed by atoms with E-state index in [1.165, 1.54) is 24.4 Å². The summed E-state index contributed by atoms with van der Waals surface area (Å²) >= 11 is 29.1. The molecule has 0 saturated carbocycles. The van der Waals surface area contributed by atoms with Crippen molar-refractivity contribution in [2.75, 3.05) is 4.72 Å². The van der Waals surface area contributed by atoms with E-state index in [1.807, 2.05) is 0 Å². The van der Waals surface area contributed by atoms with Crippen molar-refractivity contribution < 1.29 is 27.1 Å². The zero-order chi connectivity index (χ0) is 31.0. The molecule has 3 aromatic heterocycles. The van der Waals surface area contributed by atoms with Gasteiger partial charge in [0.1, 0.15) is 17.3 Å². The molecule has 42 heavy (non-hydrogen) atoms. The first-order chi connectivity index (χ1) is 19.6. The fraction of sp³-hybridized carbons (Fsp3) is 0.0909. The number of rotatable bonds is 5. The molecule has 12 nitrogen and oxygen atoms in total. The number of sulfonamides is 1. The minimum absolute atomic E-state index is 0.0642. The van der Waals surface area contributed by atoms with E-state index in [-0.39, 0.29) is 22.3 Å². The molecule has 0 unspecified atom stereocenters. The van der Waals surface area contributed by atoms with Crippen LogP contribution >= 0.6 is 58.0 Å². The van der Waals surface area contributed by atoms with Crippen molar-refractivity contribution in [3.8, 4) is 5.69 Å². The van der Waals surface area contributed by atoms with Gasteiger partial charge in [-0.2, -0.15) is 13.4 Å². The highest BCUT2D eigenvalue weighted by Gasteiger charge is 2.33. The van der Waals surface area contributed by atoms with Crippen molar-refractivity contribution >= 4 is 85.5 Å². The summed E-state index contributed by atoms with van der Waals surface area (Å²) in [6, 6.07) is 9.09. The van der Waals surface area contributed by atoms with E-state index in [9.17, 15) is 22.0 Å². The summed E-state index contributed by atoms with van der Waals surface area (Å²) in [5, 5.41) is 16.4. The van der Waals surface area contributed by atoms with E-state index < -0.39 is 48.1 Å². The molecule has 5 aromatic rings. The van der Waals surface area contributed by atoms with E-state index in [0.717, 1.165) is 27.4 Å². The van der Waals surface area contributed by atoms with Gasteiger partial charge in [0.25, 0.3) is 26.8 Å². The van der Waals surface area contributed by atoms with Crippen molar-refractivity contribution in [2.24, 2.45) is 0 Å². The third-order valence-electron chi connectivity index (χ3n) is 4.96. The number of carboxylic acids is 1. The third-order valence-corrected chi connectivity index (χ3v) is 7.13. The van der Waals surface area contributed by atoms with Crippen molar-refractivity contribution in [1.82, 2.24) is 34.3 Å². The summed E-state index contributed by atoms with van der Waals surface area (Å²) in [6.45, 7) is 1.70. The van der Waals surface area contributed by atoms with Crippen molar-refractivity contribution in [1.29, 1.82) is 0 Å². The summed E-state index contributed by atoms with van der Waals surface area (Å²) in [6.07, 6.45) is 1.48. The number of nitrogens with one attached hydrogen (secondary N) is 1. The Balaban J connectivity index is 0.000000194. The van der Waals surface area contributed by atoms with Gasteiger partial charge in [0.15, 0.2) is 5.82 Å². The molecule has 0 aliphatic carbocycles. The SMILES string of the molecule is Cc1ccn2nc(S(=O)(=O)Nc3c(F)cccc3F)nc2n1.O=C(O)c1nc(C(Cl)(Cl)Cl)n(-c2ccc(Cl)cc2Cl)n1. The number of carboxylic acid groups (broad SMARTS) is 1. The highest BCUT2D eigenvalue weighted by Crippen LogP contribution is 2.39. The molecule has 0 radical (unpaired) electrons. The van der Waals surface area contributed by atoms with Crippen LogP contribution in [0.3, 0.4) is 0 Å². The second kappa shape index (κ2) is 12.1. The Bertz CT molecular complexity index is 1910. The third kappa shape index (κ3) is 6.99. The Morgan fingerprint density at radius 2 is 1.67 bits per heavy atom. The minimum Gasteiger partial charge on any atom is -0.475 e. The lowest BCUT2D eigenvalue weighted by Gasteiger charge is -2.12. The van der Waals surface area contributed by atoms with Crippen LogP contribution in [0.1, 0.15) is 22.1 Å². The lowest BCUT2D eigenvalue weighted by Crippen LogP contribution is -2.16. The Morgan fingerprint density at radius 1 is 1.00 bits per heavy atom. The summed E-state index contributed by atoms with van der Waals surface area (Å²) in [4.78, 5) is 22.4. The van der Waals surface area contributed by atoms with Crippen LogP contribution in [0.25, 0.3) is 11.5 Å². The molecule has 220 valence electrons. The highest BCUT2D eigenvalue weighted by molar-refractivity contribution is 7.92. The molecule has 0 aliphatic heterocycles. The topological polar surface area (TPSA) is 157 Å². The molecular formula is C22H13Cl5F2N8O4S. The average Bonchev–Trinajstić information content (AvgIpc) is 3.52. The zero-order valence-electron chi connectivity index (χ0n) is 20.5. The Labute approximate surface area is 259 Å². The first-order valence-electron chi connectivity index (χ1n) is 11.0. The van der Waals surface area contributed by atoms with Crippen LogP contribution in [0.15, 0.2) is 53.8 Å². The van der Waals surface area contributed by atoms with Gasteiger partial charge in [-0.1, -0.05) is 64.1 Å². The van der Waals surface area contributed by atoms with E-state index in [0.29, 0.717) is 10.7 Å². The number of anilines is 1. The first kappa shape index (κ1) is 31.6. The lowest BCUT2D eigenvalue weighted by molar-refractivity contribution is 0.0683. The van der Waals surface area contributed by atoms with Crippen LogP contribution in [-0.2, 0) is 13.8 Å². The maximum Gasteiger partial charge on any atom is 0.375 e. The fourth-order valence-corrected chi connectivity index (χ4v) is 4.95. The van der Waals surface area contributed by atoms with Crippen molar-refractivity contribution in [3.05, 3.63) is 87.7 Å². The first-order valence-corrected chi connectivity index (χ1v) is 14.3. The molecule has 0 atom stereocenters. The predicted molar refractivity (Wildman–Crippen MR) is 150 cm³/mol. The number of aryl methyl sites for hydroxylation is 1. The van der Waals surface area contributed by atoms with Crippen molar-refractivity contribution in [3.63, 3.8) is 0 Å². The number of para-hydroxylation sites is 1. The maximum absolute atomic E-state index is 13.5. The molecule has 2 N–H and O–H groups in total. The van der Waals surface area contributed by atoms with Crippen LogP contribution < -0.4 is 4.72 Å². The molecule has 0 bridgehead atoms. The largest absolute Gasteiger partial charge is 0.475 e. The average molecular weight is 701 g/mol. The van der Waals surface area contributed by atoms with Crippen molar-refractivity contribution in [2.45, 2.75) is 15.9 Å². The molecule has 0 spiro atoms. The minimum atomic E-state index is -4.35. The number of alkyl halides is 3. The van der Waals surface area contributed by atoms with Crippen LogP contribution in [0.5, 0.6) is 0 Å². The highest BCUT2D eigenvalue weighted by atomic mass is 35.6. The maximum atomic E-state index is 13.5. The molecule has 0 amide bonds. The molecule has 0 saturated heterocycles. The number of hydrogen-bond acceptors (Lipinski definition) is 8. The van der Waals surface area contributed by atoms with Gasteiger partial charge in [-0.15, -0.1) is 10.2 Å². The van der Waals surface area contributed by atoms with Gasteiger partial charge in [0, 0.05) is 16.9 Å². The van der Waals surface area contributed by atoms with Gasteiger partial charge in [-0.3, -0.25) is 4.72 Å². The summed E-state index contributed by atoms with van der Waals surface area (Å²) in [7, 11) is -4.35. The smallest absolute Gasteiger partial charge is 0.375 e. The predicted octanol–water partition coefficient (Wildman–Crippen LogP) is 5.61. The molecule has 5 rings (SSSR count). The molecule has 3 heterocycles. The second-order valence-corrected chi connectivity index (χ2v) is 12.7. The number of fused-ring (bicyclic) bond motifs is 1.